The van der Waals surface area contributed by atoms with Gasteiger partial charge in [-0.25, -0.2) is 0 Å². The molecule has 21 heavy (non-hydrogen) atoms. The van der Waals surface area contributed by atoms with Gasteiger partial charge in [0.25, 0.3) is 0 Å². The predicted molar refractivity (Wildman–Crippen MR) is 78.3 cm³/mol. The molecule has 3 N–H and O–H groups in total. The fourth-order valence-corrected chi connectivity index (χ4v) is 6.76. The maximum absolute atomic E-state index is 12.9. The van der Waals surface area contributed by atoms with E-state index in [1.807, 2.05) is 0 Å². The Morgan fingerprint density at radius 3 is 2.43 bits per heavy atom. The van der Waals surface area contributed by atoms with Gasteiger partial charge in [-0.05, 0) is 74.5 Å². The highest BCUT2D eigenvalue weighted by atomic mass is 16.3. The Balaban J connectivity index is 1.42. The van der Waals surface area contributed by atoms with Crippen LogP contribution in [0.5, 0.6) is 0 Å². The molecule has 0 spiro atoms. The molecule has 4 heteroatoms. The standard InChI is InChI=1S/C17H26N2O2/c18-14(15(20)19-2-1-12-4-13(12)19)16-5-10-3-11(6-16)8-17(21,7-10)9-16/h10-14,21H,1-9,18H2/t10?,11?,12-,13+,14?,16?,17?/m1/s1. The van der Waals surface area contributed by atoms with Crippen molar-refractivity contribution in [3.05, 3.63) is 0 Å². The fraction of sp³-hybridized carbons (Fsp3) is 0.941. The number of aliphatic hydroxyl groups is 1. The summed E-state index contributed by atoms with van der Waals surface area (Å²) in [7, 11) is 0. The van der Waals surface area contributed by atoms with Crippen molar-refractivity contribution >= 4 is 5.91 Å². The molecule has 6 rings (SSSR count). The van der Waals surface area contributed by atoms with Crippen LogP contribution in [-0.2, 0) is 4.79 Å². The molecule has 5 aliphatic carbocycles. The second kappa shape index (κ2) is 3.83. The van der Waals surface area contributed by atoms with Gasteiger partial charge >= 0.3 is 0 Å². The number of hydrogen-bond acceptors (Lipinski definition) is 3. The van der Waals surface area contributed by atoms with Gasteiger partial charge < -0.3 is 15.7 Å². The Labute approximate surface area is 126 Å². The van der Waals surface area contributed by atoms with Crippen molar-refractivity contribution in [3.63, 3.8) is 0 Å². The molecule has 1 amide bonds. The largest absolute Gasteiger partial charge is 0.390 e. The number of likely N-dealkylation sites (tertiary alicyclic amines) is 1. The zero-order chi connectivity index (χ0) is 14.4. The quantitative estimate of drug-likeness (QED) is 0.805. The van der Waals surface area contributed by atoms with Crippen molar-refractivity contribution in [2.75, 3.05) is 6.54 Å². The van der Waals surface area contributed by atoms with Gasteiger partial charge in [0, 0.05) is 12.6 Å². The van der Waals surface area contributed by atoms with Gasteiger partial charge in [0.05, 0.1) is 11.6 Å². The van der Waals surface area contributed by atoms with Crippen LogP contribution in [0, 0.1) is 23.2 Å². The number of hydrogen-bond donors (Lipinski definition) is 2. The number of fused-ring (bicyclic) bond motifs is 1. The van der Waals surface area contributed by atoms with Crippen LogP contribution in [0.3, 0.4) is 0 Å². The number of piperidine rings is 1. The zero-order valence-electron chi connectivity index (χ0n) is 12.6. The Kier molecular flexibility index (Phi) is 2.35. The molecule has 0 aromatic rings. The minimum absolute atomic E-state index is 0.108. The number of nitrogens with zero attached hydrogens (tertiary/aromatic N) is 1. The van der Waals surface area contributed by atoms with Crippen LogP contribution in [0.4, 0.5) is 0 Å². The zero-order valence-corrected chi connectivity index (χ0v) is 12.6. The third-order valence-electron chi connectivity index (χ3n) is 7.31. The summed E-state index contributed by atoms with van der Waals surface area (Å²) >= 11 is 0. The molecule has 0 aromatic heterocycles. The maximum Gasteiger partial charge on any atom is 0.240 e. The van der Waals surface area contributed by atoms with Gasteiger partial charge in [-0.3, -0.25) is 4.79 Å². The summed E-state index contributed by atoms with van der Waals surface area (Å²) in [5.74, 6) is 2.15. The number of rotatable bonds is 2. The van der Waals surface area contributed by atoms with E-state index >= 15 is 0 Å². The summed E-state index contributed by atoms with van der Waals surface area (Å²) in [6.45, 7) is 0.912. The van der Waals surface area contributed by atoms with Gasteiger partial charge in [-0.2, -0.15) is 0 Å². The molecule has 1 aliphatic heterocycles. The molecule has 0 radical (unpaired) electrons. The van der Waals surface area contributed by atoms with E-state index in [9.17, 15) is 9.90 Å². The lowest BCUT2D eigenvalue weighted by Crippen LogP contribution is -2.64. The first-order valence-electron chi connectivity index (χ1n) is 8.77. The summed E-state index contributed by atoms with van der Waals surface area (Å²) in [5.41, 5.74) is 5.91. The molecule has 4 nitrogen and oxygen atoms in total. The number of amides is 1. The average molecular weight is 290 g/mol. The van der Waals surface area contributed by atoms with Crippen LogP contribution in [0.1, 0.15) is 51.4 Å². The van der Waals surface area contributed by atoms with E-state index in [1.54, 1.807) is 0 Å². The number of nitrogens with two attached hydrogens (primary N) is 1. The summed E-state index contributed by atoms with van der Waals surface area (Å²) < 4.78 is 0. The highest BCUT2D eigenvalue weighted by Gasteiger charge is 2.61. The van der Waals surface area contributed by atoms with Crippen LogP contribution >= 0.6 is 0 Å². The Morgan fingerprint density at radius 2 is 1.90 bits per heavy atom. The number of carbonyl (C=O) groups is 1. The summed E-state index contributed by atoms with van der Waals surface area (Å²) in [5, 5.41) is 10.8. The van der Waals surface area contributed by atoms with E-state index in [1.165, 1.54) is 19.3 Å². The maximum atomic E-state index is 12.9. The molecule has 1 heterocycles. The molecular weight excluding hydrogens is 264 g/mol. The normalized spacial score (nSPS) is 54.7. The Bertz CT molecular complexity index is 491. The second-order valence-corrected chi connectivity index (χ2v) is 8.91. The first-order chi connectivity index (χ1) is 9.98. The van der Waals surface area contributed by atoms with Crippen molar-refractivity contribution in [1.29, 1.82) is 0 Å². The Morgan fingerprint density at radius 1 is 1.19 bits per heavy atom. The van der Waals surface area contributed by atoms with Crippen LogP contribution < -0.4 is 5.73 Å². The van der Waals surface area contributed by atoms with E-state index in [0.29, 0.717) is 17.9 Å². The van der Waals surface area contributed by atoms with Gasteiger partial charge in [0.2, 0.25) is 5.91 Å². The smallest absolute Gasteiger partial charge is 0.240 e. The van der Waals surface area contributed by atoms with Crippen molar-refractivity contribution in [2.45, 2.75) is 69.1 Å². The third kappa shape index (κ3) is 1.72. The van der Waals surface area contributed by atoms with Crippen molar-refractivity contribution < 1.29 is 9.90 Å². The van der Waals surface area contributed by atoms with E-state index in [4.69, 9.17) is 5.73 Å². The third-order valence-corrected chi connectivity index (χ3v) is 7.31. The summed E-state index contributed by atoms with van der Waals surface area (Å²) in [4.78, 5) is 15.0. The lowest BCUT2D eigenvalue weighted by atomic mass is 9.46. The highest BCUT2D eigenvalue weighted by molar-refractivity contribution is 5.83. The van der Waals surface area contributed by atoms with E-state index in [-0.39, 0.29) is 17.4 Å². The highest BCUT2D eigenvalue weighted by Crippen LogP contribution is 2.62. The number of carbonyl (C=O) groups excluding carboxylic acids is 1. The molecule has 4 bridgehead atoms. The van der Waals surface area contributed by atoms with Crippen molar-refractivity contribution in [2.24, 2.45) is 28.9 Å². The molecule has 6 aliphatic rings. The first kappa shape index (κ1) is 12.9. The van der Waals surface area contributed by atoms with Crippen LogP contribution in [0.15, 0.2) is 0 Å². The predicted octanol–water partition coefficient (Wildman–Crippen LogP) is 1.27. The molecule has 5 atom stereocenters. The monoisotopic (exact) mass is 290 g/mol. The molecule has 0 aromatic carbocycles. The van der Waals surface area contributed by atoms with Crippen LogP contribution in [0.25, 0.3) is 0 Å². The van der Waals surface area contributed by atoms with Gasteiger partial charge in [0.15, 0.2) is 0 Å². The molecule has 5 saturated carbocycles. The average Bonchev–Trinajstić information content (AvgIpc) is 3.05. The van der Waals surface area contributed by atoms with E-state index < -0.39 is 5.60 Å². The minimum Gasteiger partial charge on any atom is -0.390 e. The van der Waals surface area contributed by atoms with Crippen LogP contribution in [-0.4, -0.2) is 40.1 Å². The first-order valence-corrected chi connectivity index (χ1v) is 8.77. The Hall–Kier alpha value is -0.610. The van der Waals surface area contributed by atoms with Gasteiger partial charge in [0.1, 0.15) is 0 Å². The summed E-state index contributed by atoms with van der Waals surface area (Å²) in [6.07, 6.45) is 8.41. The molecule has 116 valence electrons. The SMILES string of the molecule is NC(C(=O)N1CC[C@@H]2C[C@@H]21)C12CC3CC(CC(O)(C3)C1)C2. The minimum atomic E-state index is -0.519. The molecule has 3 unspecified atom stereocenters. The molecule has 6 fully saturated rings. The van der Waals surface area contributed by atoms with E-state index in [0.717, 1.165) is 44.6 Å². The van der Waals surface area contributed by atoms with Gasteiger partial charge in [-0.15, -0.1) is 0 Å². The fourth-order valence-electron chi connectivity index (χ4n) is 6.76. The van der Waals surface area contributed by atoms with E-state index in [2.05, 4.69) is 4.90 Å². The molecular formula is C17H26N2O2. The van der Waals surface area contributed by atoms with Gasteiger partial charge in [-0.1, -0.05) is 0 Å². The van der Waals surface area contributed by atoms with Crippen molar-refractivity contribution in [1.82, 2.24) is 4.90 Å². The van der Waals surface area contributed by atoms with Crippen LogP contribution in [0.2, 0.25) is 0 Å². The second-order valence-electron chi connectivity index (χ2n) is 8.91. The summed E-state index contributed by atoms with van der Waals surface area (Å²) in [6, 6.07) is 0.120. The lowest BCUT2D eigenvalue weighted by Gasteiger charge is -2.61. The topological polar surface area (TPSA) is 66.6 Å². The lowest BCUT2D eigenvalue weighted by molar-refractivity contribution is -0.177. The van der Waals surface area contributed by atoms with Crippen molar-refractivity contribution in [3.8, 4) is 0 Å². The molecule has 1 saturated heterocycles.